The Hall–Kier alpha value is -2.29. The summed E-state index contributed by atoms with van der Waals surface area (Å²) in [5, 5.41) is 3.27. The number of hydrogen-bond acceptors (Lipinski definition) is 8. The summed E-state index contributed by atoms with van der Waals surface area (Å²) in [4.78, 5) is 49.3. The van der Waals surface area contributed by atoms with Crippen molar-refractivity contribution < 1.29 is 36.4 Å². The molecule has 0 aromatic rings. The number of carbonyl (C=O) groups excluding carboxylic acids is 4. The lowest BCUT2D eigenvalue weighted by molar-refractivity contribution is -0.150. The molecule has 26 heavy (non-hydrogen) atoms. The molecule has 13 nitrogen and oxygen atoms in total. The van der Waals surface area contributed by atoms with Gasteiger partial charge in [-0.25, -0.2) is 15.6 Å². The Labute approximate surface area is 147 Å². The Balaban J connectivity index is 1.70. The molecule has 3 aliphatic heterocycles. The fourth-order valence-corrected chi connectivity index (χ4v) is 3.71. The van der Waals surface area contributed by atoms with Crippen LogP contribution in [-0.4, -0.2) is 76.4 Å². The molecule has 4 N–H and O–H groups in total. The Bertz CT molecular complexity index is 770. The first-order valence-corrected chi connectivity index (χ1v) is 9.13. The highest BCUT2D eigenvalue weighted by atomic mass is 32.3. The van der Waals surface area contributed by atoms with Crippen LogP contribution in [0.2, 0.25) is 0 Å². The minimum absolute atomic E-state index is 0.0209. The minimum atomic E-state index is -4.90. The second kappa shape index (κ2) is 6.46. The standard InChI is InChI=1S/C12H17N5O8S/c13-16(10(19)7-2-4-9(18)14-7)11(20)8-3-1-6-5-15(8)12(21)17(6)25-26(22,23)24/h6-8H,1-5,13H2,(H,14,18)(H,22,23,24)/t6-,7-,8+/m1/s1. The van der Waals surface area contributed by atoms with E-state index in [-0.39, 0.29) is 38.1 Å². The van der Waals surface area contributed by atoms with Gasteiger partial charge in [0.15, 0.2) is 0 Å². The number of nitrogens with two attached hydrogens (primary N) is 1. The predicted octanol–water partition coefficient (Wildman–Crippen LogP) is -2.50. The predicted molar refractivity (Wildman–Crippen MR) is 80.6 cm³/mol. The first-order chi connectivity index (χ1) is 12.1. The maximum absolute atomic E-state index is 12.5. The van der Waals surface area contributed by atoms with Crippen molar-refractivity contribution in [3.8, 4) is 0 Å². The monoisotopic (exact) mass is 391 g/mol. The van der Waals surface area contributed by atoms with Gasteiger partial charge in [0, 0.05) is 13.0 Å². The first kappa shape index (κ1) is 18.5. The second-order valence-corrected chi connectivity index (χ2v) is 7.22. The fourth-order valence-electron chi connectivity index (χ4n) is 3.32. The third-order valence-electron chi connectivity index (χ3n) is 4.55. The third kappa shape index (κ3) is 3.35. The summed E-state index contributed by atoms with van der Waals surface area (Å²) < 4.78 is 34.7. The second-order valence-electron chi connectivity index (χ2n) is 6.22. The molecule has 0 saturated carbocycles. The van der Waals surface area contributed by atoms with Crippen LogP contribution in [0.25, 0.3) is 0 Å². The zero-order valence-corrected chi connectivity index (χ0v) is 14.2. The van der Waals surface area contributed by atoms with E-state index >= 15 is 0 Å². The number of hydrogen-bond donors (Lipinski definition) is 3. The van der Waals surface area contributed by atoms with Crippen LogP contribution in [0.3, 0.4) is 0 Å². The van der Waals surface area contributed by atoms with E-state index in [0.29, 0.717) is 10.1 Å². The van der Waals surface area contributed by atoms with Crippen molar-refractivity contribution in [2.75, 3.05) is 6.54 Å². The molecule has 0 aromatic carbocycles. The summed E-state index contributed by atoms with van der Waals surface area (Å²) in [6.45, 7) is -0.0209. The molecule has 0 aromatic heterocycles. The molecule has 0 unspecified atom stereocenters. The SMILES string of the molecule is NN(C(=O)[C@H]1CCC(=O)N1)C(=O)[C@@H]1CC[C@@H]2CN1C(=O)N2OS(=O)(=O)O. The van der Waals surface area contributed by atoms with Crippen molar-refractivity contribution in [1.82, 2.24) is 20.3 Å². The number of hydroxylamine groups is 2. The van der Waals surface area contributed by atoms with E-state index in [2.05, 4.69) is 9.60 Å². The zero-order valence-electron chi connectivity index (χ0n) is 13.4. The van der Waals surface area contributed by atoms with Gasteiger partial charge in [-0.15, -0.1) is 4.28 Å². The molecule has 3 rings (SSSR count). The summed E-state index contributed by atoms with van der Waals surface area (Å²) in [5.74, 6) is 3.63. The van der Waals surface area contributed by atoms with Crippen molar-refractivity contribution in [3.63, 3.8) is 0 Å². The molecule has 3 saturated heterocycles. The molecule has 0 radical (unpaired) electrons. The van der Waals surface area contributed by atoms with Gasteiger partial charge in [0.1, 0.15) is 12.1 Å². The molecule has 0 aliphatic carbocycles. The smallest absolute Gasteiger partial charge is 0.344 e. The fraction of sp³-hybridized carbons (Fsp3) is 0.667. The van der Waals surface area contributed by atoms with E-state index in [1.165, 1.54) is 0 Å². The lowest BCUT2D eigenvalue weighted by atomic mass is 10.00. The number of fused-ring (bicyclic) bond motifs is 2. The Kier molecular flexibility index (Phi) is 4.60. The van der Waals surface area contributed by atoms with Crippen molar-refractivity contribution in [3.05, 3.63) is 0 Å². The van der Waals surface area contributed by atoms with Crippen LogP contribution in [0.5, 0.6) is 0 Å². The van der Waals surface area contributed by atoms with E-state index in [1.807, 2.05) is 0 Å². The van der Waals surface area contributed by atoms with Crippen LogP contribution in [0.4, 0.5) is 4.79 Å². The number of urea groups is 1. The molecule has 144 valence electrons. The Morgan fingerprint density at radius 1 is 1.23 bits per heavy atom. The first-order valence-electron chi connectivity index (χ1n) is 7.77. The van der Waals surface area contributed by atoms with Crippen LogP contribution in [0.15, 0.2) is 0 Å². The van der Waals surface area contributed by atoms with Gasteiger partial charge in [0.05, 0.1) is 6.04 Å². The molecule has 3 fully saturated rings. The average Bonchev–Trinajstić information content (AvgIpc) is 3.10. The van der Waals surface area contributed by atoms with Gasteiger partial charge < -0.3 is 10.2 Å². The average molecular weight is 391 g/mol. The third-order valence-corrected chi connectivity index (χ3v) is 4.90. The van der Waals surface area contributed by atoms with E-state index in [1.54, 1.807) is 0 Å². The van der Waals surface area contributed by atoms with Crippen molar-refractivity contribution in [2.24, 2.45) is 5.84 Å². The number of nitrogens with one attached hydrogen (secondary N) is 1. The molecule has 3 heterocycles. The number of hydrazine groups is 1. The van der Waals surface area contributed by atoms with Gasteiger partial charge in [0.25, 0.3) is 11.8 Å². The van der Waals surface area contributed by atoms with Crippen molar-refractivity contribution in [2.45, 2.75) is 43.8 Å². The van der Waals surface area contributed by atoms with Gasteiger partial charge in [0.2, 0.25) is 5.91 Å². The van der Waals surface area contributed by atoms with Gasteiger partial charge in [-0.2, -0.15) is 13.5 Å². The summed E-state index contributed by atoms with van der Waals surface area (Å²) >= 11 is 0. The lowest BCUT2D eigenvalue weighted by Crippen LogP contribution is -2.58. The minimum Gasteiger partial charge on any atom is -0.344 e. The molecular formula is C12H17N5O8S. The quantitative estimate of drug-likeness (QED) is 0.153. The summed E-state index contributed by atoms with van der Waals surface area (Å²) in [6, 6.07) is -3.58. The van der Waals surface area contributed by atoms with Gasteiger partial charge in [-0.05, 0) is 19.3 Å². The maximum atomic E-state index is 12.5. The van der Waals surface area contributed by atoms with Crippen LogP contribution >= 0.6 is 0 Å². The Morgan fingerprint density at radius 3 is 2.50 bits per heavy atom. The van der Waals surface area contributed by atoms with Crippen molar-refractivity contribution >= 4 is 34.2 Å². The zero-order chi connectivity index (χ0) is 19.2. The van der Waals surface area contributed by atoms with Crippen LogP contribution < -0.4 is 11.2 Å². The maximum Gasteiger partial charge on any atom is 0.418 e. The van der Waals surface area contributed by atoms with E-state index in [4.69, 9.17) is 10.4 Å². The van der Waals surface area contributed by atoms with E-state index in [9.17, 15) is 27.6 Å². The van der Waals surface area contributed by atoms with Crippen molar-refractivity contribution in [1.29, 1.82) is 0 Å². The van der Waals surface area contributed by atoms with Gasteiger partial charge >= 0.3 is 16.4 Å². The number of imide groups is 1. The molecule has 2 bridgehead atoms. The van der Waals surface area contributed by atoms with Gasteiger partial charge in [-0.1, -0.05) is 0 Å². The van der Waals surface area contributed by atoms with Crippen LogP contribution in [0.1, 0.15) is 25.7 Å². The summed E-state index contributed by atoms with van der Waals surface area (Å²) in [7, 11) is -4.90. The van der Waals surface area contributed by atoms with Crippen LogP contribution in [0, 0.1) is 0 Å². The van der Waals surface area contributed by atoms with Gasteiger partial charge in [-0.3, -0.25) is 18.9 Å². The molecule has 3 aliphatic rings. The number of rotatable bonds is 4. The molecule has 14 heteroatoms. The molecule has 5 amide bonds. The van der Waals surface area contributed by atoms with E-state index in [0.717, 1.165) is 4.90 Å². The molecule has 0 spiro atoms. The summed E-state index contributed by atoms with van der Waals surface area (Å²) in [5.41, 5.74) is 0. The number of piperidine rings is 1. The highest BCUT2D eigenvalue weighted by Crippen LogP contribution is 2.31. The van der Waals surface area contributed by atoms with E-state index < -0.39 is 46.4 Å². The largest absolute Gasteiger partial charge is 0.418 e. The number of carbonyl (C=O) groups is 4. The highest BCUT2D eigenvalue weighted by molar-refractivity contribution is 7.80. The number of nitrogens with zero attached hydrogens (tertiary/aromatic N) is 3. The van der Waals surface area contributed by atoms with Crippen LogP contribution in [-0.2, 0) is 29.1 Å². The molecular weight excluding hydrogens is 374 g/mol. The highest BCUT2D eigenvalue weighted by Gasteiger charge is 2.50. The topological polar surface area (TPSA) is 180 Å². The number of amides is 5. The normalized spacial score (nSPS) is 28.3. The molecule has 3 atom stereocenters. The Morgan fingerprint density at radius 2 is 1.92 bits per heavy atom. The lowest BCUT2D eigenvalue weighted by Gasteiger charge is -2.31. The summed E-state index contributed by atoms with van der Waals surface area (Å²) in [6.07, 6.45) is 0.690.